The van der Waals surface area contributed by atoms with Crippen LogP contribution in [0.3, 0.4) is 0 Å². The molecule has 158 valence electrons. The van der Waals surface area contributed by atoms with Gasteiger partial charge in [-0.3, -0.25) is 0 Å². The minimum absolute atomic E-state index is 0.202. The molecule has 2 aromatic heterocycles. The summed E-state index contributed by atoms with van der Waals surface area (Å²) < 4.78 is 55.6. The number of piperazine rings is 1. The number of hydrogen-bond donors (Lipinski definition) is 0. The Balaban J connectivity index is 1.55. The van der Waals surface area contributed by atoms with Crippen molar-refractivity contribution in [1.29, 1.82) is 0 Å². The summed E-state index contributed by atoms with van der Waals surface area (Å²) in [4.78, 5) is 6.04. The molecule has 1 fully saturated rings. The Labute approximate surface area is 173 Å². The zero-order valence-electron chi connectivity index (χ0n) is 16.6. The molecule has 1 aliphatic heterocycles. The van der Waals surface area contributed by atoms with Gasteiger partial charge < -0.3 is 4.90 Å². The standard InChI is InChI=1S/C20H21F2N5O2S/c1-14-20(15(2)27(24-14)19-5-3-4-6-23-19)25-7-9-26(10-8-25)30(28,29)18-12-16(21)11-17(22)13-18/h3-6,11-13H,7-10H2,1-2H3. The number of nitrogens with zero attached hydrogens (tertiary/aromatic N) is 5. The van der Waals surface area contributed by atoms with Crippen molar-refractivity contribution >= 4 is 15.7 Å². The van der Waals surface area contributed by atoms with Crippen molar-refractivity contribution in [3.8, 4) is 5.82 Å². The van der Waals surface area contributed by atoms with Crippen LogP contribution >= 0.6 is 0 Å². The van der Waals surface area contributed by atoms with E-state index in [1.54, 1.807) is 10.9 Å². The molecule has 4 rings (SSSR count). The first-order valence-electron chi connectivity index (χ1n) is 9.46. The molecule has 1 aromatic carbocycles. The van der Waals surface area contributed by atoms with Crippen LogP contribution in [0.15, 0.2) is 47.5 Å². The molecule has 0 amide bonds. The van der Waals surface area contributed by atoms with Crippen molar-refractivity contribution in [1.82, 2.24) is 19.1 Å². The predicted molar refractivity (Wildman–Crippen MR) is 108 cm³/mol. The highest BCUT2D eigenvalue weighted by molar-refractivity contribution is 7.89. The number of aromatic nitrogens is 3. The van der Waals surface area contributed by atoms with Gasteiger partial charge in [0, 0.05) is 38.4 Å². The Morgan fingerprint density at radius 1 is 0.967 bits per heavy atom. The van der Waals surface area contributed by atoms with Crippen molar-refractivity contribution in [2.24, 2.45) is 0 Å². The molecule has 1 saturated heterocycles. The number of hydrogen-bond acceptors (Lipinski definition) is 5. The topological polar surface area (TPSA) is 71.3 Å². The van der Waals surface area contributed by atoms with Crippen LogP contribution < -0.4 is 4.90 Å². The Kier molecular flexibility index (Phi) is 5.29. The van der Waals surface area contributed by atoms with Gasteiger partial charge in [0.15, 0.2) is 5.82 Å². The van der Waals surface area contributed by atoms with Gasteiger partial charge in [-0.2, -0.15) is 9.40 Å². The van der Waals surface area contributed by atoms with Gasteiger partial charge in [0.2, 0.25) is 10.0 Å². The van der Waals surface area contributed by atoms with E-state index in [4.69, 9.17) is 0 Å². The van der Waals surface area contributed by atoms with Crippen LogP contribution in [0.25, 0.3) is 5.82 Å². The molecule has 0 bridgehead atoms. The van der Waals surface area contributed by atoms with E-state index in [1.807, 2.05) is 32.0 Å². The summed E-state index contributed by atoms with van der Waals surface area (Å²) in [6.45, 7) is 5.13. The Morgan fingerprint density at radius 3 is 2.23 bits per heavy atom. The maximum atomic E-state index is 13.5. The second-order valence-corrected chi connectivity index (χ2v) is 9.05. The summed E-state index contributed by atoms with van der Waals surface area (Å²) in [5, 5.41) is 4.59. The van der Waals surface area contributed by atoms with Crippen molar-refractivity contribution in [2.45, 2.75) is 18.7 Å². The molecule has 0 aliphatic carbocycles. The van der Waals surface area contributed by atoms with Crippen molar-refractivity contribution in [3.63, 3.8) is 0 Å². The van der Waals surface area contributed by atoms with Gasteiger partial charge in [-0.25, -0.2) is 26.9 Å². The molecule has 30 heavy (non-hydrogen) atoms. The van der Waals surface area contributed by atoms with Gasteiger partial charge in [0.05, 0.1) is 22.0 Å². The van der Waals surface area contributed by atoms with E-state index in [0.29, 0.717) is 25.0 Å². The third-order valence-electron chi connectivity index (χ3n) is 5.15. The van der Waals surface area contributed by atoms with Crippen LogP contribution in [0.1, 0.15) is 11.4 Å². The summed E-state index contributed by atoms with van der Waals surface area (Å²) in [6.07, 6.45) is 1.70. The van der Waals surface area contributed by atoms with Crippen LogP contribution in [0.4, 0.5) is 14.5 Å². The smallest absolute Gasteiger partial charge is 0.243 e. The van der Waals surface area contributed by atoms with Crippen molar-refractivity contribution in [3.05, 3.63) is 65.6 Å². The fourth-order valence-electron chi connectivity index (χ4n) is 3.77. The molecule has 0 radical (unpaired) electrons. The van der Waals surface area contributed by atoms with E-state index >= 15 is 0 Å². The molecule has 3 heterocycles. The zero-order chi connectivity index (χ0) is 21.5. The lowest BCUT2D eigenvalue weighted by Gasteiger charge is -2.35. The molecule has 0 N–H and O–H groups in total. The lowest BCUT2D eigenvalue weighted by atomic mass is 10.2. The Hall–Kier alpha value is -2.85. The second kappa shape index (κ2) is 7.77. The number of benzene rings is 1. The minimum Gasteiger partial charge on any atom is -0.366 e. The molecule has 0 unspecified atom stereocenters. The van der Waals surface area contributed by atoms with Crippen molar-refractivity contribution < 1.29 is 17.2 Å². The first-order valence-corrected chi connectivity index (χ1v) is 10.9. The zero-order valence-corrected chi connectivity index (χ0v) is 17.4. The Bertz CT molecular complexity index is 1150. The van der Waals surface area contributed by atoms with Gasteiger partial charge in [0.25, 0.3) is 0 Å². The first kappa shape index (κ1) is 20.4. The quantitative estimate of drug-likeness (QED) is 0.633. The van der Waals surface area contributed by atoms with E-state index in [2.05, 4.69) is 15.0 Å². The molecule has 7 nitrogen and oxygen atoms in total. The summed E-state index contributed by atoms with van der Waals surface area (Å²) in [6, 6.07) is 7.93. The summed E-state index contributed by atoms with van der Waals surface area (Å²) >= 11 is 0. The normalized spacial score (nSPS) is 15.5. The molecule has 0 saturated carbocycles. The van der Waals surface area contributed by atoms with Crippen LogP contribution in [-0.4, -0.2) is 53.7 Å². The monoisotopic (exact) mass is 433 g/mol. The minimum atomic E-state index is -3.97. The maximum Gasteiger partial charge on any atom is 0.243 e. The van der Waals surface area contributed by atoms with Gasteiger partial charge in [0.1, 0.15) is 11.6 Å². The fraction of sp³-hybridized carbons (Fsp3) is 0.300. The second-order valence-electron chi connectivity index (χ2n) is 7.12. The van der Waals surface area contributed by atoms with E-state index < -0.39 is 21.7 Å². The summed E-state index contributed by atoms with van der Waals surface area (Å²) in [5.41, 5.74) is 2.67. The molecular weight excluding hydrogens is 412 g/mol. The molecule has 0 spiro atoms. The number of sulfonamides is 1. The van der Waals surface area contributed by atoms with Gasteiger partial charge in [-0.15, -0.1) is 0 Å². The molecule has 3 aromatic rings. The fourth-order valence-corrected chi connectivity index (χ4v) is 5.24. The van der Waals surface area contributed by atoms with E-state index in [0.717, 1.165) is 29.2 Å². The summed E-state index contributed by atoms with van der Waals surface area (Å²) in [7, 11) is -3.97. The van der Waals surface area contributed by atoms with Gasteiger partial charge in [-0.1, -0.05) is 6.07 Å². The highest BCUT2D eigenvalue weighted by atomic mass is 32.2. The third-order valence-corrected chi connectivity index (χ3v) is 7.02. The number of pyridine rings is 1. The highest BCUT2D eigenvalue weighted by Gasteiger charge is 2.31. The predicted octanol–water partition coefficient (Wildman–Crippen LogP) is 2.67. The largest absolute Gasteiger partial charge is 0.366 e. The molecule has 0 atom stereocenters. The van der Waals surface area contributed by atoms with E-state index in [1.165, 1.54) is 4.31 Å². The number of rotatable bonds is 4. The van der Waals surface area contributed by atoms with E-state index in [9.17, 15) is 17.2 Å². The molecule has 1 aliphatic rings. The number of anilines is 1. The lowest BCUT2D eigenvalue weighted by Crippen LogP contribution is -2.49. The van der Waals surface area contributed by atoms with Crippen LogP contribution in [-0.2, 0) is 10.0 Å². The van der Waals surface area contributed by atoms with Gasteiger partial charge in [-0.05, 0) is 38.1 Å². The maximum absolute atomic E-state index is 13.5. The summed E-state index contributed by atoms with van der Waals surface area (Å²) in [5.74, 6) is -1.13. The van der Waals surface area contributed by atoms with Crippen molar-refractivity contribution in [2.75, 3.05) is 31.1 Å². The lowest BCUT2D eigenvalue weighted by molar-refractivity contribution is 0.384. The highest BCUT2D eigenvalue weighted by Crippen LogP contribution is 2.28. The molecule has 10 heteroatoms. The first-order chi connectivity index (χ1) is 14.3. The van der Waals surface area contributed by atoms with Crippen LogP contribution in [0.2, 0.25) is 0 Å². The molecular formula is C20H21F2N5O2S. The number of halogens is 2. The van der Waals surface area contributed by atoms with Gasteiger partial charge >= 0.3 is 0 Å². The Morgan fingerprint density at radius 2 is 1.63 bits per heavy atom. The van der Waals surface area contributed by atoms with Crippen LogP contribution in [0, 0.1) is 25.5 Å². The number of aryl methyl sites for hydroxylation is 1. The average Bonchev–Trinajstić information content (AvgIpc) is 3.02. The third kappa shape index (κ3) is 3.68. The van der Waals surface area contributed by atoms with E-state index in [-0.39, 0.29) is 18.0 Å². The van der Waals surface area contributed by atoms with Crippen LogP contribution in [0.5, 0.6) is 0 Å². The SMILES string of the molecule is Cc1nn(-c2ccccn2)c(C)c1N1CCN(S(=O)(=O)c2cc(F)cc(F)c2)CC1. The average molecular weight is 433 g/mol.